The molecular formula is C41H39N4OPt-. The molecule has 0 saturated carbocycles. The van der Waals surface area contributed by atoms with Gasteiger partial charge in [0.05, 0.1) is 27.8 Å². The first-order valence-corrected chi connectivity index (χ1v) is 15.6. The van der Waals surface area contributed by atoms with Gasteiger partial charge in [-0.3, -0.25) is 9.55 Å². The molecule has 6 heteroatoms. The summed E-state index contributed by atoms with van der Waals surface area (Å²) in [6.45, 7) is 17.3. The van der Waals surface area contributed by atoms with Crippen LogP contribution < -0.4 is 0 Å². The van der Waals surface area contributed by atoms with E-state index in [1.807, 2.05) is 24.3 Å². The van der Waals surface area contributed by atoms with Crippen molar-refractivity contribution in [1.82, 2.24) is 14.5 Å². The zero-order valence-corrected chi connectivity index (χ0v) is 30.4. The minimum atomic E-state index is -0.282. The predicted molar refractivity (Wildman–Crippen MR) is 187 cm³/mol. The summed E-state index contributed by atoms with van der Waals surface area (Å²) in [4.78, 5) is 9.88. The van der Waals surface area contributed by atoms with Crippen LogP contribution in [-0.2, 0) is 31.9 Å². The molecule has 0 bridgehead atoms. The van der Waals surface area contributed by atoms with Gasteiger partial charge in [-0.05, 0) is 59.6 Å². The molecule has 1 N–H and O–H groups in total. The quantitative estimate of drug-likeness (QED) is 0.180. The van der Waals surface area contributed by atoms with E-state index in [0.29, 0.717) is 17.0 Å². The van der Waals surface area contributed by atoms with Crippen molar-refractivity contribution >= 4 is 11.0 Å². The molecule has 0 saturated heterocycles. The Morgan fingerprint density at radius 3 is 2.06 bits per heavy atom. The van der Waals surface area contributed by atoms with Gasteiger partial charge in [0.1, 0.15) is 17.6 Å². The molecule has 2 aromatic heterocycles. The van der Waals surface area contributed by atoms with Crippen molar-refractivity contribution in [1.29, 1.82) is 5.26 Å². The number of pyridine rings is 1. The van der Waals surface area contributed by atoms with E-state index in [-0.39, 0.29) is 37.6 Å². The molecule has 6 aromatic rings. The van der Waals surface area contributed by atoms with Crippen molar-refractivity contribution in [3.05, 3.63) is 119 Å². The van der Waals surface area contributed by atoms with Crippen molar-refractivity contribution in [2.45, 2.75) is 66.2 Å². The third kappa shape index (κ3) is 6.28. The van der Waals surface area contributed by atoms with E-state index >= 15 is 0 Å². The van der Waals surface area contributed by atoms with Crippen LogP contribution in [0.4, 0.5) is 0 Å². The molecule has 0 atom stereocenters. The van der Waals surface area contributed by atoms with Crippen LogP contribution in [0.15, 0.2) is 85.1 Å². The van der Waals surface area contributed by atoms with Gasteiger partial charge in [0.2, 0.25) is 0 Å². The van der Waals surface area contributed by atoms with Crippen LogP contribution in [0, 0.1) is 31.2 Å². The van der Waals surface area contributed by atoms with Gasteiger partial charge < -0.3 is 5.11 Å². The number of para-hydroxylation sites is 2. The molecule has 0 spiro atoms. The molecule has 4 aromatic carbocycles. The summed E-state index contributed by atoms with van der Waals surface area (Å²) in [6.07, 6.45) is 1.58. The number of fused-ring (bicyclic) bond motifs is 1. The number of nitriles is 1. The topological polar surface area (TPSA) is 74.7 Å². The van der Waals surface area contributed by atoms with E-state index in [4.69, 9.17) is 4.98 Å². The first-order valence-electron chi connectivity index (χ1n) is 15.6. The first kappa shape index (κ1) is 33.8. The largest absolute Gasteiger partial charge is 0.507 e. The van der Waals surface area contributed by atoms with Gasteiger partial charge >= 0.3 is 0 Å². The number of aryl methyl sites for hydroxylation is 2. The second-order valence-corrected chi connectivity index (χ2v) is 14.1. The average molecular weight is 799 g/mol. The number of hydrogen-bond acceptors (Lipinski definition) is 4. The van der Waals surface area contributed by atoms with Crippen molar-refractivity contribution < 1.29 is 26.2 Å². The normalized spacial score (nSPS) is 11.7. The molecule has 0 aliphatic carbocycles. The van der Waals surface area contributed by atoms with Crippen molar-refractivity contribution in [2.24, 2.45) is 0 Å². The van der Waals surface area contributed by atoms with Gasteiger partial charge in [-0.15, -0.1) is 29.8 Å². The van der Waals surface area contributed by atoms with Crippen molar-refractivity contribution in [3.8, 4) is 51.3 Å². The van der Waals surface area contributed by atoms with Gasteiger partial charge in [-0.25, -0.2) is 4.98 Å². The van der Waals surface area contributed by atoms with E-state index in [1.54, 1.807) is 12.3 Å². The zero-order valence-electron chi connectivity index (χ0n) is 28.1. The van der Waals surface area contributed by atoms with Gasteiger partial charge in [-0.2, -0.15) is 5.26 Å². The van der Waals surface area contributed by atoms with Crippen LogP contribution in [-0.4, -0.2) is 19.6 Å². The van der Waals surface area contributed by atoms with E-state index in [9.17, 15) is 10.4 Å². The fourth-order valence-corrected chi connectivity index (χ4v) is 6.09. The van der Waals surface area contributed by atoms with Crippen LogP contribution >= 0.6 is 0 Å². The summed E-state index contributed by atoms with van der Waals surface area (Å²) >= 11 is 0. The Morgan fingerprint density at radius 2 is 1.45 bits per heavy atom. The predicted octanol–water partition coefficient (Wildman–Crippen LogP) is 10.0. The SMILES string of the molecule is Cc1cccc(C)c1-n1c(-c2cc(C(C)(C)C)cc(C(C)(C)C)c2O)nc2c(-c3[c-]c(-c4ccc(C#N)cn4)ccc3)cccc21.[Pt]. The minimum absolute atomic E-state index is 0. The van der Waals surface area contributed by atoms with Crippen molar-refractivity contribution in [2.75, 3.05) is 0 Å². The molecule has 47 heavy (non-hydrogen) atoms. The number of rotatable bonds is 4. The standard InChI is InChI=1S/C41H39N4O.Pt/c1-25-12-9-13-26(2)37(25)45-35-17-11-16-31(28-14-10-15-29(20-28)34-19-18-27(23-42)24-43-34)36(35)44-39(45)32-21-30(40(3,4)5)22-33(38(32)46)41(6,7)8;/h9-19,21-22,24,46H,1-8H3;/q-1;. The monoisotopic (exact) mass is 798 g/mol. The number of hydrogen-bond donors (Lipinski definition) is 1. The van der Waals surface area contributed by atoms with Crippen LogP contribution in [0.5, 0.6) is 5.75 Å². The molecule has 240 valence electrons. The van der Waals surface area contributed by atoms with E-state index < -0.39 is 0 Å². The molecule has 0 unspecified atom stereocenters. The number of nitrogens with zero attached hydrogens (tertiary/aromatic N) is 4. The van der Waals surface area contributed by atoms with Crippen LogP contribution in [0.1, 0.15) is 69.4 Å². The molecule has 0 aliphatic heterocycles. The maximum atomic E-state index is 12.0. The third-order valence-corrected chi connectivity index (χ3v) is 8.63. The number of aromatic nitrogens is 3. The van der Waals surface area contributed by atoms with E-state index in [1.165, 1.54) is 0 Å². The summed E-state index contributed by atoms with van der Waals surface area (Å²) in [5, 5.41) is 21.2. The fourth-order valence-electron chi connectivity index (χ4n) is 6.09. The molecule has 0 aliphatic rings. The smallest absolute Gasteiger partial charge is 0.148 e. The molecule has 6 rings (SSSR count). The second kappa shape index (κ2) is 12.6. The molecule has 0 amide bonds. The van der Waals surface area contributed by atoms with Crippen LogP contribution in [0.3, 0.4) is 0 Å². The van der Waals surface area contributed by atoms with E-state index in [0.717, 1.165) is 61.4 Å². The number of imidazole rings is 1. The van der Waals surface area contributed by atoms with E-state index in [2.05, 4.69) is 126 Å². The maximum Gasteiger partial charge on any atom is 0.148 e. The summed E-state index contributed by atoms with van der Waals surface area (Å²) in [7, 11) is 0. The Hall–Kier alpha value is -4.52. The third-order valence-electron chi connectivity index (χ3n) is 8.63. The Kier molecular flexibility index (Phi) is 9.06. The second-order valence-electron chi connectivity index (χ2n) is 14.1. The Labute approximate surface area is 292 Å². The molecule has 0 fully saturated rings. The Bertz CT molecular complexity index is 2140. The van der Waals surface area contributed by atoms with Gasteiger partial charge in [0.15, 0.2) is 0 Å². The average Bonchev–Trinajstić information content (AvgIpc) is 3.39. The van der Waals surface area contributed by atoms with Crippen LogP contribution in [0.25, 0.3) is 50.5 Å². The molecule has 0 radical (unpaired) electrons. The molecular weight excluding hydrogens is 760 g/mol. The maximum absolute atomic E-state index is 12.0. The Morgan fingerprint density at radius 1 is 0.787 bits per heavy atom. The molecule has 2 heterocycles. The van der Waals surface area contributed by atoms with Gasteiger partial charge in [0.25, 0.3) is 0 Å². The van der Waals surface area contributed by atoms with Crippen molar-refractivity contribution in [3.63, 3.8) is 0 Å². The summed E-state index contributed by atoms with van der Waals surface area (Å²) in [5.41, 5.74) is 11.3. The van der Waals surface area contributed by atoms with Gasteiger partial charge in [0, 0.05) is 38.5 Å². The summed E-state index contributed by atoms with van der Waals surface area (Å²) in [5.74, 6) is 0.948. The summed E-state index contributed by atoms with van der Waals surface area (Å²) < 4.78 is 2.21. The van der Waals surface area contributed by atoms with Gasteiger partial charge in [-0.1, -0.05) is 95.1 Å². The number of phenols is 1. The van der Waals surface area contributed by atoms with Crippen LogP contribution in [0.2, 0.25) is 0 Å². The first-order chi connectivity index (χ1) is 21.8. The summed E-state index contributed by atoms with van der Waals surface area (Å²) in [6, 6.07) is 32.1. The number of aromatic hydroxyl groups is 1. The number of phenolic OH excluding ortho intramolecular Hbond substituents is 1. The Balaban J connectivity index is 0.00000433. The number of benzene rings is 4. The minimum Gasteiger partial charge on any atom is -0.507 e. The zero-order chi connectivity index (χ0) is 33.0. The fraction of sp³-hybridized carbons (Fsp3) is 0.244. The molecule has 5 nitrogen and oxygen atoms in total.